The Hall–Kier alpha value is -3.12. The van der Waals surface area contributed by atoms with Crippen LogP contribution in [-0.2, 0) is 16.6 Å². The van der Waals surface area contributed by atoms with Crippen molar-refractivity contribution in [2.45, 2.75) is 39.3 Å². The highest BCUT2D eigenvalue weighted by atomic mass is 16.5. The molecule has 0 radical (unpaired) electrons. The Morgan fingerprint density at radius 3 is 2.55 bits per heavy atom. The number of rotatable bonds is 8. The summed E-state index contributed by atoms with van der Waals surface area (Å²) in [6.07, 6.45) is 0.582. The zero-order valence-electron chi connectivity index (χ0n) is 20.1. The number of benzene rings is 2. The molecule has 0 aliphatic carbocycles. The lowest BCUT2D eigenvalue weighted by atomic mass is 9.93. The van der Waals surface area contributed by atoms with Crippen LogP contribution in [0, 0.1) is 12.8 Å². The molecule has 2 atom stereocenters. The summed E-state index contributed by atoms with van der Waals surface area (Å²) in [4.78, 5) is 29.0. The van der Waals surface area contributed by atoms with E-state index in [4.69, 9.17) is 4.74 Å². The van der Waals surface area contributed by atoms with Crippen molar-refractivity contribution in [1.82, 2.24) is 14.8 Å². The van der Waals surface area contributed by atoms with Gasteiger partial charge in [-0.3, -0.25) is 9.59 Å². The molecule has 0 fully saturated rings. The standard InChI is InChI=1S/C27H33N3O3/c1-17(2)16-23(26(31)28-14-15-33-5)30-25(19-10-6-7-11-20(19)27(30)32)24-18(3)29(4)22-13-9-8-12-21(22)24/h6-13,17,23,25H,14-16H2,1-5H3,(H,28,31). The zero-order valence-corrected chi connectivity index (χ0v) is 20.1. The third-order valence-electron chi connectivity index (χ3n) is 6.66. The number of carbonyl (C=O) groups excluding carboxylic acids is 2. The summed E-state index contributed by atoms with van der Waals surface area (Å²) in [5, 5.41) is 4.09. The lowest BCUT2D eigenvalue weighted by Crippen LogP contribution is -2.50. The molecular formula is C27H33N3O3. The molecule has 33 heavy (non-hydrogen) atoms. The summed E-state index contributed by atoms with van der Waals surface area (Å²) in [5.74, 6) is 0.0224. The Morgan fingerprint density at radius 2 is 1.82 bits per heavy atom. The first-order chi connectivity index (χ1) is 15.9. The predicted molar refractivity (Wildman–Crippen MR) is 130 cm³/mol. The molecule has 2 heterocycles. The first-order valence-electron chi connectivity index (χ1n) is 11.6. The molecule has 1 aromatic heterocycles. The van der Waals surface area contributed by atoms with E-state index in [1.807, 2.05) is 41.3 Å². The molecule has 0 spiro atoms. The van der Waals surface area contributed by atoms with Crippen molar-refractivity contribution < 1.29 is 14.3 Å². The van der Waals surface area contributed by atoms with Crippen LogP contribution in [0.25, 0.3) is 10.9 Å². The quantitative estimate of drug-likeness (QED) is 0.526. The van der Waals surface area contributed by atoms with Crippen molar-refractivity contribution in [3.63, 3.8) is 0 Å². The number of aryl methyl sites for hydroxylation is 1. The average molecular weight is 448 g/mol. The van der Waals surface area contributed by atoms with Gasteiger partial charge in [-0.05, 0) is 37.0 Å². The highest BCUT2D eigenvalue weighted by Crippen LogP contribution is 2.45. The predicted octanol–water partition coefficient (Wildman–Crippen LogP) is 4.21. The van der Waals surface area contributed by atoms with Gasteiger partial charge in [-0.25, -0.2) is 0 Å². The second-order valence-electron chi connectivity index (χ2n) is 9.21. The van der Waals surface area contributed by atoms with Crippen LogP contribution >= 0.6 is 0 Å². The fraction of sp³-hybridized carbons (Fsp3) is 0.407. The van der Waals surface area contributed by atoms with Gasteiger partial charge in [0.2, 0.25) is 5.91 Å². The van der Waals surface area contributed by atoms with Gasteiger partial charge in [-0.2, -0.15) is 0 Å². The molecule has 1 aliphatic heterocycles. The van der Waals surface area contributed by atoms with Gasteiger partial charge in [0.25, 0.3) is 5.91 Å². The van der Waals surface area contributed by atoms with E-state index in [0.29, 0.717) is 25.1 Å². The Labute approximate surface area is 195 Å². The normalized spacial score (nSPS) is 16.5. The van der Waals surface area contributed by atoms with Gasteiger partial charge in [0.1, 0.15) is 6.04 Å². The maximum Gasteiger partial charge on any atom is 0.255 e. The number of methoxy groups -OCH3 is 1. The molecule has 1 aliphatic rings. The highest BCUT2D eigenvalue weighted by Gasteiger charge is 2.45. The van der Waals surface area contributed by atoms with Crippen molar-refractivity contribution in [3.8, 4) is 0 Å². The van der Waals surface area contributed by atoms with Gasteiger partial charge in [0.05, 0.1) is 12.6 Å². The molecule has 2 amide bonds. The largest absolute Gasteiger partial charge is 0.383 e. The van der Waals surface area contributed by atoms with Crippen molar-refractivity contribution in [1.29, 1.82) is 0 Å². The van der Waals surface area contributed by atoms with Crippen LogP contribution in [0.5, 0.6) is 0 Å². The average Bonchev–Trinajstić information content (AvgIpc) is 3.23. The zero-order chi connectivity index (χ0) is 23.7. The number of amides is 2. The molecule has 0 saturated heterocycles. The minimum Gasteiger partial charge on any atom is -0.383 e. The number of ether oxygens (including phenoxy) is 1. The van der Waals surface area contributed by atoms with Crippen molar-refractivity contribution >= 4 is 22.7 Å². The van der Waals surface area contributed by atoms with E-state index in [2.05, 4.69) is 49.8 Å². The van der Waals surface area contributed by atoms with Crippen LogP contribution in [-0.4, -0.2) is 47.6 Å². The fourth-order valence-corrected chi connectivity index (χ4v) is 5.04. The summed E-state index contributed by atoms with van der Waals surface area (Å²) in [6.45, 7) is 7.11. The lowest BCUT2D eigenvalue weighted by molar-refractivity contribution is -0.126. The minimum absolute atomic E-state index is 0.0875. The summed E-state index contributed by atoms with van der Waals surface area (Å²) < 4.78 is 7.28. The third-order valence-corrected chi connectivity index (χ3v) is 6.66. The van der Waals surface area contributed by atoms with E-state index in [9.17, 15) is 9.59 Å². The highest BCUT2D eigenvalue weighted by molar-refractivity contribution is 6.03. The van der Waals surface area contributed by atoms with Gasteiger partial charge in [-0.1, -0.05) is 50.2 Å². The number of hydrogen-bond donors (Lipinski definition) is 1. The van der Waals surface area contributed by atoms with Crippen molar-refractivity contribution in [2.24, 2.45) is 13.0 Å². The van der Waals surface area contributed by atoms with Crippen LogP contribution in [0.1, 0.15) is 53.5 Å². The van der Waals surface area contributed by atoms with E-state index in [1.165, 1.54) is 0 Å². The first kappa shape index (κ1) is 23.1. The Balaban J connectivity index is 1.89. The first-order valence-corrected chi connectivity index (χ1v) is 11.6. The molecule has 1 N–H and O–H groups in total. The second-order valence-corrected chi connectivity index (χ2v) is 9.21. The van der Waals surface area contributed by atoms with E-state index in [0.717, 1.165) is 27.7 Å². The van der Waals surface area contributed by atoms with Crippen LogP contribution in [0.3, 0.4) is 0 Å². The maximum absolute atomic E-state index is 13.8. The number of nitrogens with zero attached hydrogens (tertiary/aromatic N) is 2. The fourth-order valence-electron chi connectivity index (χ4n) is 5.04. The Bertz CT molecular complexity index is 1180. The minimum atomic E-state index is -0.579. The number of nitrogens with one attached hydrogen (secondary N) is 1. The molecule has 3 aromatic rings. The summed E-state index contributed by atoms with van der Waals surface area (Å²) >= 11 is 0. The SMILES string of the molecule is COCCNC(=O)C(CC(C)C)N1C(=O)c2ccccc2C1c1c(C)n(C)c2ccccc12. The maximum atomic E-state index is 13.8. The van der Waals surface area contributed by atoms with Gasteiger partial charge in [0, 0.05) is 48.4 Å². The number of carbonyl (C=O) groups is 2. The van der Waals surface area contributed by atoms with Crippen molar-refractivity contribution in [2.75, 3.05) is 20.3 Å². The molecule has 174 valence electrons. The van der Waals surface area contributed by atoms with Crippen LogP contribution < -0.4 is 5.32 Å². The summed E-state index contributed by atoms with van der Waals surface area (Å²) in [7, 11) is 3.66. The van der Waals surface area contributed by atoms with E-state index in [-0.39, 0.29) is 23.8 Å². The topological polar surface area (TPSA) is 63.6 Å². The molecule has 2 unspecified atom stereocenters. The van der Waals surface area contributed by atoms with Gasteiger partial charge < -0.3 is 19.5 Å². The summed E-state index contributed by atoms with van der Waals surface area (Å²) in [5.41, 5.74) is 4.93. The van der Waals surface area contributed by atoms with Crippen LogP contribution in [0.4, 0.5) is 0 Å². The van der Waals surface area contributed by atoms with Crippen LogP contribution in [0.2, 0.25) is 0 Å². The lowest BCUT2D eigenvalue weighted by Gasteiger charge is -2.34. The summed E-state index contributed by atoms with van der Waals surface area (Å²) in [6, 6.07) is 15.1. The Morgan fingerprint density at radius 1 is 1.12 bits per heavy atom. The molecule has 6 nitrogen and oxygen atoms in total. The van der Waals surface area contributed by atoms with Crippen LogP contribution in [0.15, 0.2) is 48.5 Å². The molecule has 6 heteroatoms. The van der Waals surface area contributed by atoms with E-state index >= 15 is 0 Å². The molecule has 0 bridgehead atoms. The van der Waals surface area contributed by atoms with Gasteiger partial charge >= 0.3 is 0 Å². The Kier molecular flexibility index (Phi) is 6.56. The number of fused-ring (bicyclic) bond motifs is 2. The monoisotopic (exact) mass is 447 g/mol. The third kappa shape index (κ3) is 4.04. The number of para-hydroxylation sites is 1. The second kappa shape index (κ2) is 9.40. The van der Waals surface area contributed by atoms with Gasteiger partial charge in [-0.15, -0.1) is 0 Å². The molecule has 4 rings (SSSR count). The molecule has 2 aromatic carbocycles. The number of aromatic nitrogens is 1. The van der Waals surface area contributed by atoms with E-state index < -0.39 is 6.04 Å². The number of hydrogen-bond acceptors (Lipinski definition) is 3. The van der Waals surface area contributed by atoms with E-state index in [1.54, 1.807) is 7.11 Å². The van der Waals surface area contributed by atoms with Crippen molar-refractivity contribution in [3.05, 3.63) is 70.9 Å². The van der Waals surface area contributed by atoms with Gasteiger partial charge in [0.15, 0.2) is 0 Å². The smallest absolute Gasteiger partial charge is 0.255 e. The molecule has 0 saturated carbocycles. The molecular weight excluding hydrogens is 414 g/mol.